The fourth-order valence-corrected chi connectivity index (χ4v) is 5.68. The fraction of sp³-hybridized carbons (Fsp3) is 0.739. The van der Waals surface area contributed by atoms with E-state index in [-0.39, 0.29) is 0 Å². The Balaban J connectivity index is 0.000000286. The molecule has 1 aromatic rings. The van der Waals surface area contributed by atoms with E-state index in [4.69, 9.17) is 24.5 Å². The summed E-state index contributed by atoms with van der Waals surface area (Å²) in [4.78, 5) is 24.8. The Bertz CT molecular complexity index is 881. The molecule has 0 radical (unpaired) electrons. The number of thiophene rings is 1. The number of carboxylic acid groups (broad SMARTS) is 2. The Hall–Kier alpha value is -1.90. The van der Waals surface area contributed by atoms with E-state index in [9.17, 15) is 26.3 Å². The molecular formula is C23H32F6N2O5S. The van der Waals surface area contributed by atoms with Crippen LogP contribution in [-0.4, -0.2) is 90.7 Å². The molecule has 4 rings (SSSR count). The zero-order valence-electron chi connectivity index (χ0n) is 20.6. The van der Waals surface area contributed by atoms with Crippen molar-refractivity contribution < 1.29 is 50.9 Å². The maximum absolute atomic E-state index is 10.6. The van der Waals surface area contributed by atoms with Gasteiger partial charge in [0.25, 0.3) is 0 Å². The average Bonchev–Trinajstić information content (AvgIpc) is 3.20. The number of carboxylic acids is 2. The van der Waals surface area contributed by atoms with E-state index >= 15 is 0 Å². The van der Waals surface area contributed by atoms with E-state index < -0.39 is 24.3 Å². The molecule has 14 heteroatoms. The molecule has 212 valence electrons. The summed E-state index contributed by atoms with van der Waals surface area (Å²) in [5.41, 5.74) is 1.95. The lowest BCUT2D eigenvalue weighted by atomic mass is 9.77. The predicted octanol–water partition coefficient (Wildman–Crippen LogP) is 4.50. The third-order valence-electron chi connectivity index (χ3n) is 6.75. The van der Waals surface area contributed by atoms with E-state index in [1.165, 1.54) is 57.5 Å². The van der Waals surface area contributed by atoms with Gasteiger partial charge in [-0.2, -0.15) is 26.3 Å². The lowest BCUT2D eigenvalue weighted by Crippen LogP contribution is -2.36. The van der Waals surface area contributed by atoms with Crippen molar-refractivity contribution in [3.8, 4) is 0 Å². The molecule has 7 nitrogen and oxygen atoms in total. The van der Waals surface area contributed by atoms with Gasteiger partial charge in [-0.1, -0.05) is 0 Å². The number of hydrogen-bond donors (Lipinski definition) is 2. The monoisotopic (exact) mass is 562 g/mol. The summed E-state index contributed by atoms with van der Waals surface area (Å²) in [7, 11) is 1.87. The molecular weight excluding hydrogens is 530 g/mol. The fourth-order valence-electron chi connectivity index (χ4n) is 4.73. The van der Waals surface area contributed by atoms with Gasteiger partial charge >= 0.3 is 24.3 Å². The molecule has 3 aliphatic rings. The third-order valence-corrected chi connectivity index (χ3v) is 7.76. The van der Waals surface area contributed by atoms with Crippen molar-refractivity contribution in [2.75, 3.05) is 46.4 Å². The molecule has 0 aromatic carbocycles. The first-order valence-electron chi connectivity index (χ1n) is 11.6. The quantitative estimate of drug-likeness (QED) is 0.494. The highest BCUT2D eigenvalue weighted by molar-refractivity contribution is 7.10. The van der Waals surface area contributed by atoms with Crippen molar-refractivity contribution >= 4 is 23.3 Å². The number of ether oxygens (including phenoxy) is 1. The highest BCUT2D eigenvalue weighted by Gasteiger charge is 2.50. The van der Waals surface area contributed by atoms with Crippen LogP contribution >= 0.6 is 11.3 Å². The van der Waals surface area contributed by atoms with Crippen molar-refractivity contribution in [1.29, 1.82) is 0 Å². The molecule has 37 heavy (non-hydrogen) atoms. The Morgan fingerprint density at radius 3 is 2.05 bits per heavy atom. The molecule has 3 fully saturated rings. The lowest BCUT2D eigenvalue weighted by Gasteiger charge is -2.30. The number of aryl methyl sites for hydroxylation is 1. The Morgan fingerprint density at radius 2 is 1.62 bits per heavy atom. The largest absolute Gasteiger partial charge is 0.490 e. The number of rotatable bonds is 6. The number of alkyl halides is 6. The molecule has 0 amide bonds. The van der Waals surface area contributed by atoms with Crippen molar-refractivity contribution in [3.05, 3.63) is 21.9 Å². The molecule has 2 saturated heterocycles. The SMILES string of the molecule is COC[C@@H]1CN(CC2CC2)C[C@@]12CCN(Cc1sccc1C)C2.O=C(O)C(F)(F)F.O=C(O)C(F)(F)F. The second-order valence-corrected chi connectivity index (χ2v) is 10.7. The second kappa shape index (κ2) is 12.8. The number of aliphatic carboxylic acids is 2. The first-order chi connectivity index (χ1) is 17.1. The summed E-state index contributed by atoms with van der Waals surface area (Å²) in [6, 6.07) is 2.26. The lowest BCUT2D eigenvalue weighted by molar-refractivity contribution is -0.193. The summed E-state index contributed by atoms with van der Waals surface area (Å²) < 4.78 is 69.1. The molecule has 1 aliphatic carbocycles. The number of hydrogen-bond acceptors (Lipinski definition) is 6. The summed E-state index contributed by atoms with van der Waals surface area (Å²) in [5.74, 6) is -3.79. The van der Waals surface area contributed by atoms with Crippen molar-refractivity contribution in [2.24, 2.45) is 17.3 Å². The second-order valence-electron chi connectivity index (χ2n) is 9.75. The van der Waals surface area contributed by atoms with Crippen molar-refractivity contribution in [3.63, 3.8) is 0 Å². The van der Waals surface area contributed by atoms with Gasteiger partial charge < -0.3 is 19.8 Å². The van der Waals surface area contributed by atoms with E-state index in [0.717, 1.165) is 25.0 Å². The molecule has 1 aromatic heterocycles. The topological polar surface area (TPSA) is 90.3 Å². The van der Waals surface area contributed by atoms with Crippen LogP contribution in [0.3, 0.4) is 0 Å². The Labute approximate surface area is 215 Å². The van der Waals surface area contributed by atoms with Crippen LogP contribution in [0.5, 0.6) is 0 Å². The van der Waals surface area contributed by atoms with Gasteiger partial charge in [0.1, 0.15) is 0 Å². The van der Waals surface area contributed by atoms with E-state index in [2.05, 4.69) is 28.2 Å². The average molecular weight is 563 g/mol. The smallest absolute Gasteiger partial charge is 0.475 e. The van der Waals surface area contributed by atoms with Gasteiger partial charge in [0.15, 0.2) is 0 Å². The van der Waals surface area contributed by atoms with Gasteiger partial charge in [0, 0.05) is 56.0 Å². The van der Waals surface area contributed by atoms with Crippen molar-refractivity contribution in [1.82, 2.24) is 9.80 Å². The van der Waals surface area contributed by atoms with Crippen LogP contribution in [0.4, 0.5) is 26.3 Å². The van der Waals surface area contributed by atoms with Crippen LogP contribution in [0.2, 0.25) is 0 Å². The molecule has 2 atom stereocenters. The molecule has 1 spiro atoms. The van der Waals surface area contributed by atoms with Crippen LogP contribution in [0.25, 0.3) is 0 Å². The van der Waals surface area contributed by atoms with Crippen LogP contribution in [0.1, 0.15) is 29.7 Å². The molecule has 2 N–H and O–H groups in total. The Kier molecular flexibility index (Phi) is 10.8. The number of likely N-dealkylation sites (tertiary alicyclic amines) is 2. The van der Waals surface area contributed by atoms with Crippen LogP contribution in [0, 0.1) is 24.2 Å². The van der Waals surface area contributed by atoms with Gasteiger partial charge in [-0.15, -0.1) is 11.3 Å². The molecule has 1 saturated carbocycles. The van der Waals surface area contributed by atoms with Crippen LogP contribution in [0.15, 0.2) is 11.4 Å². The number of halogens is 6. The third kappa shape index (κ3) is 9.73. The number of carbonyl (C=O) groups is 2. The maximum Gasteiger partial charge on any atom is 0.490 e. The van der Waals surface area contributed by atoms with Gasteiger partial charge in [0.2, 0.25) is 0 Å². The van der Waals surface area contributed by atoms with E-state index in [0.29, 0.717) is 5.41 Å². The van der Waals surface area contributed by atoms with E-state index in [1.54, 1.807) is 4.88 Å². The first-order valence-corrected chi connectivity index (χ1v) is 12.5. The Morgan fingerprint density at radius 1 is 1.08 bits per heavy atom. The standard InChI is InChI=1S/C19H30N2OS.2C2HF3O2/c1-15-5-8-23-18(15)11-20-7-6-19(13-20)14-21(9-16-3-4-16)10-17(19)12-22-2;2*3-2(4,5)1(6)7/h5,8,16-17H,3-4,6-7,9-14H2,1-2H3;2*(H,6,7)/t17-,19-;;/m0../s1. The van der Waals surface area contributed by atoms with E-state index in [1.807, 2.05) is 18.4 Å². The zero-order valence-corrected chi connectivity index (χ0v) is 21.4. The highest BCUT2D eigenvalue weighted by atomic mass is 32.1. The number of nitrogens with zero attached hydrogens (tertiary/aromatic N) is 2. The minimum Gasteiger partial charge on any atom is -0.475 e. The minimum atomic E-state index is -5.08. The van der Waals surface area contributed by atoms with Gasteiger partial charge in [-0.3, -0.25) is 4.90 Å². The predicted molar refractivity (Wildman–Crippen MR) is 123 cm³/mol. The summed E-state index contributed by atoms with van der Waals surface area (Å²) in [5, 5.41) is 16.5. The molecule has 0 unspecified atom stereocenters. The van der Waals surface area contributed by atoms with Crippen LogP contribution in [-0.2, 0) is 20.9 Å². The number of methoxy groups -OCH3 is 1. The molecule has 2 aliphatic heterocycles. The normalized spacial score (nSPS) is 24.4. The minimum absolute atomic E-state index is 0.482. The summed E-state index contributed by atoms with van der Waals surface area (Å²) in [6.07, 6.45) is -5.89. The van der Waals surface area contributed by atoms with Crippen molar-refractivity contribution in [2.45, 2.75) is 45.1 Å². The molecule has 0 bridgehead atoms. The highest BCUT2D eigenvalue weighted by Crippen LogP contribution is 2.45. The van der Waals surface area contributed by atoms with Gasteiger partial charge in [0.05, 0.1) is 6.61 Å². The van der Waals surface area contributed by atoms with Gasteiger partial charge in [-0.05, 0) is 55.7 Å². The summed E-state index contributed by atoms with van der Waals surface area (Å²) in [6.45, 7) is 10.8. The molecule has 3 heterocycles. The van der Waals surface area contributed by atoms with Gasteiger partial charge in [-0.25, -0.2) is 9.59 Å². The zero-order chi connectivity index (χ0) is 28.0. The van der Waals surface area contributed by atoms with Crippen LogP contribution < -0.4 is 0 Å². The summed E-state index contributed by atoms with van der Waals surface area (Å²) >= 11 is 1.92. The first kappa shape index (κ1) is 31.3. The maximum atomic E-state index is 10.6.